The Labute approximate surface area is 292 Å². The summed E-state index contributed by atoms with van der Waals surface area (Å²) >= 11 is 0. The van der Waals surface area contributed by atoms with E-state index in [0.717, 1.165) is 17.2 Å². The first kappa shape index (κ1) is 43.3. The average molecular weight is 811 g/mol. The van der Waals surface area contributed by atoms with Crippen LogP contribution in [0.2, 0.25) is 0 Å². The fourth-order valence-electron chi connectivity index (χ4n) is 4.42. The number of halogens is 1. The first-order valence-electron chi connectivity index (χ1n) is 14.8. The number of aliphatic hydroxyl groups is 2. The van der Waals surface area contributed by atoms with Crippen LogP contribution in [-0.2, 0) is 50.7 Å². The molecule has 0 bridgehead atoms. The predicted molar refractivity (Wildman–Crippen MR) is 168 cm³/mol. The number of phosphoric ester groups is 3. The third kappa shape index (κ3) is 12.2. The largest absolute Gasteiger partial charge is 0.481 e. The fourth-order valence-corrected chi connectivity index (χ4v) is 7.25. The maximum atomic E-state index is 13.2. The Balaban J connectivity index is 1.55. The van der Waals surface area contributed by atoms with Crippen molar-refractivity contribution in [2.24, 2.45) is 11.1 Å². The van der Waals surface area contributed by atoms with E-state index in [0.29, 0.717) is 0 Å². The van der Waals surface area contributed by atoms with Gasteiger partial charge in [0.2, 0.25) is 11.8 Å². The number of phosphoric acid groups is 3. The minimum Gasteiger partial charge on any atom is -0.386 e. The fraction of sp³-hybridized carbons (Fsp3) is 0.652. The van der Waals surface area contributed by atoms with Crippen LogP contribution in [0.1, 0.15) is 32.9 Å². The Morgan fingerprint density at radius 1 is 1.08 bits per heavy atom. The zero-order valence-corrected chi connectivity index (χ0v) is 29.9. The second-order valence-corrected chi connectivity index (χ2v) is 16.0. The van der Waals surface area contributed by atoms with Gasteiger partial charge in [-0.2, -0.15) is 4.31 Å². The molecule has 0 radical (unpaired) electrons. The smallest absolute Gasteiger partial charge is 0.386 e. The molecule has 2 aromatic heterocycles. The molecule has 3 amide bonds. The number of carbonyl (C=O) groups is 3. The van der Waals surface area contributed by atoms with Crippen molar-refractivity contribution in [1.29, 1.82) is 0 Å². The van der Waals surface area contributed by atoms with Crippen molar-refractivity contribution in [2.45, 2.75) is 63.5 Å². The van der Waals surface area contributed by atoms with Gasteiger partial charge in [0, 0.05) is 31.3 Å². The molecule has 1 aliphatic rings. The van der Waals surface area contributed by atoms with Crippen LogP contribution in [0.5, 0.6) is 0 Å². The quantitative estimate of drug-likeness (QED) is 0.0624. The number of nitrogens with zero attached hydrogens (tertiary/aromatic N) is 4. The highest BCUT2D eigenvalue weighted by Gasteiger charge is 2.50. The number of nitrogens with one attached hydrogen (secondary N) is 2. The standard InChI is InChI=1S/C23H38FN8O17P3/c1-23(2,17(35)21(37)28-6-4-13(33)27-5-3-11(24)19(26)36)8-46-52(43,44)49-51(41,42)45-7-12-16(48-50(38,39)40)15(34)22(47-12)32-10-31-14-18(25)29-9-30-20(14)32/h9-12,15-17,22,34-35H,3-8H2,1-2H3,(H2,26,36)(H,27,33)(H,28,37)(H,41,42)(H,43,44)(H2,25,29,30)(H2,38,39,40)/t11-,12+,15+,16+,17-,22+/m0/s1. The molecule has 3 heterocycles. The third-order valence-electron chi connectivity index (χ3n) is 7.11. The highest BCUT2D eigenvalue weighted by atomic mass is 31.3. The topological polar surface area (TPSA) is 390 Å². The monoisotopic (exact) mass is 810 g/mol. The van der Waals surface area contributed by atoms with Crippen LogP contribution in [0.4, 0.5) is 10.2 Å². The summed E-state index contributed by atoms with van der Waals surface area (Å²) in [5.41, 5.74) is 8.95. The molecule has 0 spiro atoms. The molecule has 0 saturated carbocycles. The van der Waals surface area contributed by atoms with Crippen molar-refractivity contribution in [3.63, 3.8) is 0 Å². The van der Waals surface area contributed by atoms with Crippen LogP contribution in [0.25, 0.3) is 11.2 Å². The molecule has 8 atom stereocenters. The summed E-state index contributed by atoms with van der Waals surface area (Å²) in [5.74, 6) is -2.92. The lowest BCUT2D eigenvalue weighted by atomic mass is 9.87. The summed E-state index contributed by atoms with van der Waals surface area (Å²) in [5, 5.41) is 25.8. The minimum absolute atomic E-state index is 0.0177. The van der Waals surface area contributed by atoms with Crippen molar-refractivity contribution in [3.05, 3.63) is 12.7 Å². The highest BCUT2D eigenvalue weighted by molar-refractivity contribution is 7.61. The van der Waals surface area contributed by atoms with E-state index >= 15 is 0 Å². The van der Waals surface area contributed by atoms with E-state index in [2.05, 4.69) is 34.4 Å². The minimum atomic E-state index is -5.59. The van der Waals surface area contributed by atoms with Crippen LogP contribution < -0.4 is 22.1 Å². The normalized spacial score (nSPS) is 23.0. The molecule has 29 heteroatoms. The summed E-state index contributed by atoms with van der Waals surface area (Å²) in [6.07, 6.45) is -9.50. The van der Waals surface area contributed by atoms with E-state index in [1.54, 1.807) is 0 Å². The number of hydrogen-bond donors (Lipinski definition) is 10. The van der Waals surface area contributed by atoms with E-state index in [1.165, 1.54) is 13.8 Å². The molecule has 0 aliphatic carbocycles. The predicted octanol–water partition coefficient (Wildman–Crippen LogP) is -2.38. The highest BCUT2D eigenvalue weighted by Crippen LogP contribution is 2.61. The Hall–Kier alpha value is -3.06. The first-order chi connectivity index (χ1) is 23.9. The molecule has 294 valence electrons. The summed E-state index contributed by atoms with van der Waals surface area (Å²) in [6, 6.07) is 0. The summed E-state index contributed by atoms with van der Waals surface area (Å²) < 4.78 is 74.9. The molecule has 52 heavy (non-hydrogen) atoms. The molecule has 2 aromatic rings. The van der Waals surface area contributed by atoms with Gasteiger partial charge in [0.1, 0.15) is 36.3 Å². The number of anilines is 1. The van der Waals surface area contributed by atoms with Crippen molar-refractivity contribution in [3.8, 4) is 0 Å². The number of carbonyl (C=O) groups excluding carboxylic acids is 3. The van der Waals surface area contributed by atoms with Gasteiger partial charge in [0.05, 0.1) is 19.5 Å². The van der Waals surface area contributed by atoms with E-state index in [4.69, 9.17) is 25.3 Å². The number of hydrogen-bond acceptors (Lipinski definition) is 17. The van der Waals surface area contributed by atoms with E-state index in [1.807, 2.05) is 0 Å². The van der Waals surface area contributed by atoms with Crippen molar-refractivity contribution >= 4 is 58.2 Å². The summed E-state index contributed by atoms with van der Waals surface area (Å²) in [4.78, 5) is 85.6. The number of alkyl halides is 1. The van der Waals surface area contributed by atoms with Crippen molar-refractivity contribution in [1.82, 2.24) is 30.2 Å². The van der Waals surface area contributed by atoms with Crippen molar-refractivity contribution in [2.75, 3.05) is 32.0 Å². The van der Waals surface area contributed by atoms with Crippen LogP contribution in [0, 0.1) is 5.41 Å². The number of fused-ring (bicyclic) bond motifs is 1. The van der Waals surface area contributed by atoms with Gasteiger partial charge in [-0.05, 0) is 0 Å². The van der Waals surface area contributed by atoms with Crippen LogP contribution in [0.3, 0.4) is 0 Å². The number of imidazole rings is 1. The number of aliphatic hydroxyl groups excluding tert-OH is 2. The lowest BCUT2D eigenvalue weighted by Gasteiger charge is -2.30. The third-order valence-corrected chi connectivity index (χ3v) is 10.2. The first-order valence-corrected chi connectivity index (χ1v) is 19.3. The SMILES string of the molecule is CC(C)(COP(=O)(O)OP(=O)(O)OC[C@H]1O[C@@H](n2cnc3c(N)ncnc32)[C@H](O)[C@@H]1OP(=O)(O)O)[C@@H](O)C(=O)NCCC(=O)NCC[C@H](F)C(N)=O. The maximum absolute atomic E-state index is 13.2. The lowest BCUT2D eigenvalue weighted by molar-refractivity contribution is -0.137. The molecule has 25 nitrogen and oxygen atoms in total. The van der Waals surface area contributed by atoms with Gasteiger partial charge in [-0.25, -0.2) is 33.0 Å². The molecule has 2 unspecified atom stereocenters. The Kier molecular flexibility index (Phi) is 14.5. The second kappa shape index (κ2) is 17.4. The number of ether oxygens (including phenoxy) is 1. The Morgan fingerprint density at radius 3 is 2.37 bits per heavy atom. The number of aromatic nitrogens is 4. The van der Waals surface area contributed by atoms with Gasteiger partial charge < -0.3 is 56.6 Å². The van der Waals surface area contributed by atoms with Gasteiger partial charge >= 0.3 is 23.5 Å². The Bertz CT molecular complexity index is 1750. The van der Waals surface area contributed by atoms with Crippen LogP contribution >= 0.6 is 23.5 Å². The summed E-state index contributed by atoms with van der Waals surface area (Å²) in [6.45, 7) is -0.180. The molecule has 1 saturated heterocycles. The molecular weight excluding hydrogens is 772 g/mol. The maximum Gasteiger partial charge on any atom is 0.481 e. The number of nitrogen functional groups attached to an aromatic ring is 1. The Morgan fingerprint density at radius 2 is 1.73 bits per heavy atom. The lowest BCUT2D eigenvalue weighted by Crippen LogP contribution is -2.46. The molecular formula is C23H38FN8O17P3. The molecule has 0 aromatic carbocycles. The zero-order chi connectivity index (χ0) is 39.2. The molecule has 1 aliphatic heterocycles. The molecule has 3 rings (SSSR count). The van der Waals surface area contributed by atoms with Crippen LogP contribution in [-0.4, -0.2) is 124 Å². The van der Waals surface area contributed by atoms with Gasteiger partial charge in [0.25, 0.3) is 5.91 Å². The van der Waals surface area contributed by atoms with Gasteiger partial charge in [-0.15, -0.1) is 0 Å². The summed E-state index contributed by atoms with van der Waals surface area (Å²) in [7, 11) is -16.4. The van der Waals surface area contributed by atoms with Crippen LogP contribution in [0.15, 0.2) is 12.7 Å². The number of rotatable bonds is 20. The zero-order valence-electron chi connectivity index (χ0n) is 27.2. The second-order valence-electron chi connectivity index (χ2n) is 11.7. The number of nitrogens with two attached hydrogens (primary N) is 2. The van der Waals surface area contributed by atoms with Crippen molar-refractivity contribution < 1.29 is 84.9 Å². The van der Waals surface area contributed by atoms with Gasteiger partial charge in [0.15, 0.2) is 23.9 Å². The molecule has 1 fully saturated rings. The van der Waals surface area contributed by atoms with Gasteiger partial charge in [-0.1, -0.05) is 13.8 Å². The average Bonchev–Trinajstić information content (AvgIpc) is 3.58. The van der Waals surface area contributed by atoms with E-state index in [9.17, 15) is 62.3 Å². The number of amides is 3. The van der Waals surface area contributed by atoms with Gasteiger partial charge in [-0.3, -0.25) is 32.5 Å². The molecule has 12 N–H and O–H groups in total. The van der Waals surface area contributed by atoms with E-state index < -0.39 is 96.6 Å². The number of primary amides is 1. The van der Waals surface area contributed by atoms with E-state index in [-0.39, 0.29) is 42.9 Å².